The van der Waals surface area contributed by atoms with Crippen LogP contribution in [0, 0.1) is 0 Å². The monoisotopic (exact) mass is 212 g/mol. The number of hydrogen-bond acceptors (Lipinski definition) is 1. The normalized spacial score (nSPS) is 11.9. The zero-order chi connectivity index (χ0) is 10.4. The Morgan fingerprint density at radius 2 is 2.07 bits per heavy atom. The molecule has 0 aliphatic carbocycles. The van der Waals surface area contributed by atoms with Crippen molar-refractivity contribution in [1.29, 1.82) is 0 Å². The SMILES string of the molecule is CC(Cl)CNC(=O)Nc1ccccc1. The maximum absolute atomic E-state index is 11.2. The summed E-state index contributed by atoms with van der Waals surface area (Å²) in [7, 11) is 0. The molecule has 0 saturated carbocycles. The highest BCUT2D eigenvalue weighted by Gasteiger charge is 2.01. The molecule has 0 spiro atoms. The minimum absolute atomic E-state index is 0.0588. The average molecular weight is 213 g/mol. The number of anilines is 1. The summed E-state index contributed by atoms with van der Waals surface area (Å²) in [5.74, 6) is 0. The summed E-state index contributed by atoms with van der Waals surface area (Å²) in [5, 5.41) is 5.28. The summed E-state index contributed by atoms with van der Waals surface area (Å²) in [4.78, 5) is 11.2. The minimum atomic E-state index is -0.233. The second-order valence-electron chi connectivity index (χ2n) is 2.98. The molecule has 4 heteroatoms. The number of carbonyl (C=O) groups is 1. The Morgan fingerprint density at radius 3 is 2.64 bits per heavy atom. The number of urea groups is 1. The Hall–Kier alpha value is -1.22. The molecule has 1 atom stereocenters. The van der Waals surface area contributed by atoms with E-state index in [1.54, 1.807) is 0 Å². The van der Waals surface area contributed by atoms with Gasteiger partial charge in [-0.3, -0.25) is 0 Å². The molecule has 0 heterocycles. The molecule has 1 aromatic carbocycles. The minimum Gasteiger partial charge on any atom is -0.336 e. The maximum Gasteiger partial charge on any atom is 0.319 e. The molecule has 0 radical (unpaired) electrons. The summed E-state index contributed by atoms with van der Waals surface area (Å²) in [6.45, 7) is 2.28. The lowest BCUT2D eigenvalue weighted by molar-refractivity contribution is 0.252. The lowest BCUT2D eigenvalue weighted by atomic mass is 10.3. The molecular formula is C10H13ClN2O. The molecule has 2 N–H and O–H groups in total. The van der Waals surface area contributed by atoms with Gasteiger partial charge in [0.1, 0.15) is 0 Å². The Labute approximate surface area is 88.5 Å². The molecular weight excluding hydrogens is 200 g/mol. The van der Waals surface area contributed by atoms with Gasteiger partial charge >= 0.3 is 6.03 Å². The van der Waals surface area contributed by atoms with Crippen molar-refractivity contribution in [3.63, 3.8) is 0 Å². The van der Waals surface area contributed by atoms with E-state index in [0.29, 0.717) is 6.54 Å². The van der Waals surface area contributed by atoms with Gasteiger partial charge in [-0.2, -0.15) is 0 Å². The lowest BCUT2D eigenvalue weighted by Crippen LogP contribution is -2.32. The summed E-state index contributed by atoms with van der Waals surface area (Å²) in [6.07, 6.45) is 0. The fourth-order valence-corrected chi connectivity index (χ4v) is 1.01. The number of halogens is 1. The van der Waals surface area contributed by atoms with Crippen LogP contribution in [0.5, 0.6) is 0 Å². The van der Waals surface area contributed by atoms with Crippen LogP contribution in [0.1, 0.15) is 6.92 Å². The molecule has 0 fully saturated rings. The van der Waals surface area contributed by atoms with Crippen molar-refractivity contribution in [2.24, 2.45) is 0 Å². The van der Waals surface area contributed by atoms with Crippen molar-refractivity contribution in [3.8, 4) is 0 Å². The third-order valence-electron chi connectivity index (χ3n) is 1.58. The summed E-state index contributed by atoms with van der Waals surface area (Å²) < 4.78 is 0. The highest BCUT2D eigenvalue weighted by atomic mass is 35.5. The van der Waals surface area contributed by atoms with Gasteiger partial charge in [0.05, 0.1) is 0 Å². The summed E-state index contributed by atoms with van der Waals surface area (Å²) in [6, 6.07) is 9.03. The molecule has 14 heavy (non-hydrogen) atoms. The lowest BCUT2D eigenvalue weighted by Gasteiger charge is -2.07. The number of nitrogens with one attached hydrogen (secondary N) is 2. The number of carbonyl (C=O) groups excluding carboxylic acids is 1. The van der Waals surface area contributed by atoms with E-state index >= 15 is 0 Å². The van der Waals surface area contributed by atoms with Crippen LogP contribution in [0.4, 0.5) is 10.5 Å². The van der Waals surface area contributed by atoms with Gasteiger partial charge in [0.2, 0.25) is 0 Å². The first kappa shape index (κ1) is 10.9. The van der Waals surface area contributed by atoms with Crippen LogP contribution in [-0.4, -0.2) is 18.0 Å². The van der Waals surface area contributed by atoms with E-state index < -0.39 is 0 Å². The van der Waals surface area contributed by atoms with Crippen molar-refractivity contribution < 1.29 is 4.79 Å². The molecule has 0 aliphatic heterocycles. The smallest absolute Gasteiger partial charge is 0.319 e. The highest BCUT2D eigenvalue weighted by molar-refractivity contribution is 6.20. The van der Waals surface area contributed by atoms with Crippen molar-refractivity contribution in [2.45, 2.75) is 12.3 Å². The van der Waals surface area contributed by atoms with Gasteiger partial charge in [0, 0.05) is 17.6 Å². The van der Waals surface area contributed by atoms with E-state index in [4.69, 9.17) is 11.6 Å². The molecule has 0 aliphatic rings. The topological polar surface area (TPSA) is 41.1 Å². The summed E-state index contributed by atoms with van der Waals surface area (Å²) >= 11 is 5.68. The number of benzene rings is 1. The van der Waals surface area contributed by atoms with Gasteiger partial charge in [-0.25, -0.2) is 4.79 Å². The van der Waals surface area contributed by atoms with Crippen LogP contribution >= 0.6 is 11.6 Å². The summed E-state index contributed by atoms with van der Waals surface area (Å²) in [5.41, 5.74) is 0.771. The van der Waals surface area contributed by atoms with Crippen molar-refractivity contribution in [2.75, 3.05) is 11.9 Å². The molecule has 76 valence electrons. The van der Waals surface area contributed by atoms with Crippen molar-refractivity contribution in [1.82, 2.24) is 5.32 Å². The molecule has 1 unspecified atom stereocenters. The zero-order valence-electron chi connectivity index (χ0n) is 7.96. The van der Waals surface area contributed by atoms with Crippen LogP contribution in [0.3, 0.4) is 0 Å². The predicted molar refractivity (Wildman–Crippen MR) is 58.8 cm³/mol. The van der Waals surface area contributed by atoms with Crippen molar-refractivity contribution in [3.05, 3.63) is 30.3 Å². The molecule has 0 bridgehead atoms. The van der Waals surface area contributed by atoms with Gasteiger partial charge in [-0.15, -0.1) is 11.6 Å². The first-order chi connectivity index (χ1) is 6.68. The van der Waals surface area contributed by atoms with E-state index in [1.807, 2.05) is 37.3 Å². The van der Waals surface area contributed by atoms with E-state index in [1.165, 1.54) is 0 Å². The largest absolute Gasteiger partial charge is 0.336 e. The molecule has 1 aromatic rings. The van der Waals surface area contributed by atoms with Crippen LogP contribution in [0.15, 0.2) is 30.3 Å². The van der Waals surface area contributed by atoms with E-state index in [-0.39, 0.29) is 11.4 Å². The number of amides is 2. The fourth-order valence-electron chi connectivity index (χ4n) is 0.930. The zero-order valence-corrected chi connectivity index (χ0v) is 8.71. The van der Waals surface area contributed by atoms with Crippen LogP contribution in [0.2, 0.25) is 0 Å². The Morgan fingerprint density at radius 1 is 1.43 bits per heavy atom. The second-order valence-corrected chi connectivity index (χ2v) is 3.73. The van der Waals surface area contributed by atoms with Crippen molar-refractivity contribution >= 4 is 23.3 Å². The van der Waals surface area contributed by atoms with Gasteiger partial charge in [0.15, 0.2) is 0 Å². The Bertz CT molecular complexity index is 287. The van der Waals surface area contributed by atoms with Crippen LogP contribution in [0.25, 0.3) is 0 Å². The van der Waals surface area contributed by atoms with E-state index in [9.17, 15) is 4.79 Å². The third-order valence-corrected chi connectivity index (χ3v) is 1.73. The second kappa shape index (κ2) is 5.50. The molecule has 2 amide bonds. The number of hydrogen-bond donors (Lipinski definition) is 2. The number of rotatable bonds is 3. The Balaban J connectivity index is 2.35. The number of alkyl halides is 1. The molecule has 1 rings (SSSR count). The standard InChI is InChI=1S/C10H13ClN2O/c1-8(11)7-12-10(14)13-9-5-3-2-4-6-9/h2-6,8H,7H2,1H3,(H2,12,13,14). The van der Waals surface area contributed by atoms with Gasteiger partial charge in [0.25, 0.3) is 0 Å². The molecule has 0 aromatic heterocycles. The average Bonchev–Trinajstić information content (AvgIpc) is 2.16. The quantitative estimate of drug-likeness (QED) is 0.743. The van der Waals surface area contributed by atoms with Gasteiger partial charge in [-0.1, -0.05) is 18.2 Å². The maximum atomic E-state index is 11.2. The molecule has 0 saturated heterocycles. The highest BCUT2D eigenvalue weighted by Crippen LogP contribution is 2.04. The van der Waals surface area contributed by atoms with Gasteiger partial charge < -0.3 is 10.6 Å². The number of para-hydroxylation sites is 1. The molecule has 3 nitrogen and oxygen atoms in total. The van der Waals surface area contributed by atoms with E-state index in [2.05, 4.69) is 10.6 Å². The first-order valence-electron chi connectivity index (χ1n) is 4.42. The first-order valence-corrected chi connectivity index (χ1v) is 4.86. The third kappa shape index (κ3) is 4.14. The van der Waals surface area contributed by atoms with E-state index in [0.717, 1.165) is 5.69 Å². The predicted octanol–water partition coefficient (Wildman–Crippen LogP) is 2.44. The fraction of sp³-hybridized carbons (Fsp3) is 0.300. The van der Waals surface area contributed by atoms with Gasteiger partial charge in [-0.05, 0) is 19.1 Å². The Kier molecular flexibility index (Phi) is 4.26. The van der Waals surface area contributed by atoms with Crippen LogP contribution in [-0.2, 0) is 0 Å². The van der Waals surface area contributed by atoms with Crippen LogP contribution < -0.4 is 10.6 Å².